The molecule has 4 heteroatoms. The summed E-state index contributed by atoms with van der Waals surface area (Å²) >= 11 is 1.53. The van der Waals surface area contributed by atoms with Crippen molar-refractivity contribution < 1.29 is 9.59 Å². The van der Waals surface area contributed by atoms with Gasteiger partial charge in [0.15, 0.2) is 0 Å². The maximum absolute atomic E-state index is 12.2. The first-order valence-electron chi connectivity index (χ1n) is 5.74. The Labute approximate surface area is 116 Å². The molecular formula is C15H13NO2S. The second-order valence-corrected chi connectivity index (χ2v) is 4.74. The van der Waals surface area contributed by atoms with Crippen LogP contribution in [0.25, 0.3) is 0 Å². The number of carbonyl (C=O) groups excluding carboxylic acids is 2. The quantitative estimate of drug-likeness (QED) is 0.684. The molecule has 0 bridgehead atoms. The summed E-state index contributed by atoms with van der Waals surface area (Å²) in [6, 6.07) is 14.2. The number of amides is 1. The molecule has 1 N–H and O–H groups in total. The molecule has 2 aromatic rings. The van der Waals surface area contributed by atoms with Gasteiger partial charge in [0.05, 0.1) is 5.56 Å². The monoisotopic (exact) mass is 271 g/mol. The van der Waals surface area contributed by atoms with Crippen LogP contribution in [0.2, 0.25) is 0 Å². The van der Waals surface area contributed by atoms with Crippen LogP contribution in [0.1, 0.15) is 20.7 Å². The van der Waals surface area contributed by atoms with Gasteiger partial charge >= 0.3 is 0 Å². The lowest BCUT2D eigenvalue weighted by Crippen LogP contribution is -2.12. The first-order valence-corrected chi connectivity index (χ1v) is 6.96. The molecule has 0 aliphatic heterocycles. The molecule has 0 aliphatic rings. The van der Waals surface area contributed by atoms with E-state index in [0.29, 0.717) is 16.8 Å². The van der Waals surface area contributed by atoms with E-state index >= 15 is 0 Å². The zero-order chi connectivity index (χ0) is 13.7. The second kappa shape index (κ2) is 6.20. The van der Waals surface area contributed by atoms with Crippen LogP contribution in [0.5, 0.6) is 0 Å². The van der Waals surface area contributed by atoms with Crippen LogP contribution in [0.4, 0.5) is 5.69 Å². The molecule has 0 aromatic heterocycles. The van der Waals surface area contributed by atoms with Gasteiger partial charge in [-0.2, -0.15) is 0 Å². The normalized spacial score (nSPS) is 9.95. The smallest absolute Gasteiger partial charge is 0.256 e. The number of rotatable bonds is 4. The van der Waals surface area contributed by atoms with Crippen LogP contribution in [0, 0.1) is 0 Å². The van der Waals surface area contributed by atoms with Crippen molar-refractivity contribution in [2.75, 3.05) is 11.6 Å². The van der Waals surface area contributed by atoms with Crippen molar-refractivity contribution in [3.05, 3.63) is 59.7 Å². The maximum atomic E-state index is 12.2. The third-order valence-electron chi connectivity index (χ3n) is 2.66. The number of benzene rings is 2. The van der Waals surface area contributed by atoms with E-state index in [1.165, 1.54) is 11.8 Å². The SMILES string of the molecule is CSc1ccccc1C(=O)Nc1ccc(C=O)cc1. The Hall–Kier alpha value is -2.07. The summed E-state index contributed by atoms with van der Waals surface area (Å²) in [6.45, 7) is 0. The van der Waals surface area contributed by atoms with Gasteiger partial charge in [-0.3, -0.25) is 9.59 Å². The van der Waals surface area contributed by atoms with Crippen LogP contribution in [0.15, 0.2) is 53.4 Å². The van der Waals surface area contributed by atoms with Gasteiger partial charge in [-0.1, -0.05) is 12.1 Å². The standard InChI is InChI=1S/C15H13NO2S/c1-19-14-5-3-2-4-13(14)15(18)16-12-8-6-11(10-17)7-9-12/h2-10H,1H3,(H,16,18). The molecular weight excluding hydrogens is 258 g/mol. The first-order chi connectivity index (χ1) is 9.24. The number of carbonyl (C=O) groups is 2. The molecule has 1 amide bonds. The van der Waals surface area contributed by atoms with Crippen molar-refractivity contribution in [3.63, 3.8) is 0 Å². The molecule has 2 rings (SSSR count). The Kier molecular flexibility index (Phi) is 4.36. The van der Waals surface area contributed by atoms with Crippen LogP contribution < -0.4 is 5.32 Å². The summed E-state index contributed by atoms with van der Waals surface area (Å²) in [4.78, 5) is 23.6. The number of aldehydes is 1. The van der Waals surface area contributed by atoms with Gasteiger partial charge in [0.1, 0.15) is 6.29 Å². The number of anilines is 1. The fraction of sp³-hybridized carbons (Fsp3) is 0.0667. The zero-order valence-corrected chi connectivity index (χ0v) is 11.2. The Bertz CT molecular complexity index is 593. The van der Waals surface area contributed by atoms with Crippen LogP contribution in [-0.2, 0) is 0 Å². The number of nitrogens with one attached hydrogen (secondary N) is 1. The molecule has 0 heterocycles. The fourth-order valence-corrected chi connectivity index (χ4v) is 2.27. The third kappa shape index (κ3) is 3.23. The highest BCUT2D eigenvalue weighted by Crippen LogP contribution is 2.21. The van der Waals surface area contributed by atoms with Gasteiger partial charge < -0.3 is 5.32 Å². The van der Waals surface area contributed by atoms with Gasteiger partial charge in [0, 0.05) is 16.1 Å². The van der Waals surface area contributed by atoms with E-state index in [4.69, 9.17) is 0 Å². The fourth-order valence-electron chi connectivity index (χ4n) is 1.68. The molecule has 0 saturated carbocycles. The van der Waals surface area contributed by atoms with Gasteiger partial charge in [-0.15, -0.1) is 11.8 Å². The summed E-state index contributed by atoms with van der Waals surface area (Å²) < 4.78 is 0. The topological polar surface area (TPSA) is 46.2 Å². The predicted octanol–water partition coefficient (Wildman–Crippen LogP) is 3.47. The van der Waals surface area contributed by atoms with E-state index in [0.717, 1.165) is 11.2 Å². The largest absolute Gasteiger partial charge is 0.322 e. The van der Waals surface area contributed by atoms with Gasteiger partial charge in [-0.25, -0.2) is 0 Å². The average Bonchev–Trinajstić information content (AvgIpc) is 2.48. The van der Waals surface area contributed by atoms with Gasteiger partial charge in [0.25, 0.3) is 5.91 Å². The molecule has 0 unspecified atom stereocenters. The molecule has 0 radical (unpaired) electrons. The van der Waals surface area contributed by atoms with E-state index in [2.05, 4.69) is 5.32 Å². The molecule has 0 saturated heterocycles. The van der Waals surface area contributed by atoms with E-state index in [1.54, 1.807) is 30.3 Å². The lowest BCUT2D eigenvalue weighted by molar-refractivity contribution is 0.102. The van der Waals surface area contributed by atoms with E-state index in [-0.39, 0.29) is 5.91 Å². The van der Waals surface area contributed by atoms with E-state index in [9.17, 15) is 9.59 Å². The molecule has 96 valence electrons. The summed E-state index contributed by atoms with van der Waals surface area (Å²) in [5.41, 5.74) is 1.91. The van der Waals surface area contributed by atoms with Crippen molar-refractivity contribution in [3.8, 4) is 0 Å². The Morgan fingerprint density at radius 3 is 2.42 bits per heavy atom. The first kappa shape index (κ1) is 13.4. The van der Waals surface area contributed by atoms with Crippen LogP contribution >= 0.6 is 11.8 Å². The maximum Gasteiger partial charge on any atom is 0.256 e. The second-order valence-electron chi connectivity index (χ2n) is 3.89. The summed E-state index contributed by atoms with van der Waals surface area (Å²) in [5.74, 6) is -0.149. The Morgan fingerprint density at radius 1 is 1.11 bits per heavy atom. The van der Waals surface area contributed by atoms with Crippen molar-refractivity contribution in [2.45, 2.75) is 4.90 Å². The Morgan fingerprint density at radius 2 is 1.79 bits per heavy atom. The van der Waals surface area contributed by atoms with Crippen molar-refractivity contribution in [1.29, 1.82) is 0 Å². The molecule has 0 aliphatic carbocycles. The van der Waals surface area contributed by atoms with Crippen LogP contribution in [0.3, 0.4) is 0 Å². The van der Waals surface area contributed by atoms with Gasteiger partial charge in [0.2, 0.25) is 0 Å². The zero-order valence-electron chi connectivity index (χ0n) is 10.4. The molecule has 2 aromatic carbocycles. The van der Waals surface area contributed by atoms with Crippen molar-refractivity contribution in [1.82, 2.24) is 0 Å². The molecule has 3 nitrogen and oxygen atoms in total. The highest BCUT2D eigenvalue weighted by atomic mass is 32.2. The summed E-state index contributed by atoms with van der Waals surface area (Å²) in [7, 11) is 0. The minimum atomic E-state index is -0.149. The lowest BCUT2D eigenvalue weighted by atomic mass is 10.2. The summed E-state index contributed by atoms with van der Waals surface area (Å²) in [6.07, 6.45) is 2.71. The molecule has 0 spiro atoms. The molecule has 0 atom stereocenters. The minimum Gasteiger partial charge on any atom is -0.322 e. The Balaban J connectivity index is 2.18. The van der Waals surface area contributed by atoms with E-state index < -0.39 is 0 Å². The predicted molar refractivity (Wildman–Crippen MR) is 78.0 cm³/mol. The van der Waals surface area contributed by atoms with E-state index in [1.807, 2.05) is 24.5 Å². The number of thioether (sulfide) groups is 1. The minimum absolute atomic E-state index is 0.149. The molecule has 0 fully saturated rings. The van der Waals surface area contributed by atoms with Crippen molar-refractivity contribution in [2.24, 2.45) is 0 Å². The summed E-state index contributed by atoms with van der Waals surface area (Å²) in [5, 5.41) is 2.82. The highest BCUT2D eigenvalue weighted by Gasteiger charge is 2.10. The highest BCUT2D eigenvalue weighted by molar-refractivity contribution is 7.98. The van der Waals surface area contributed by atoms with Gasteiger partial charge in [-0.05, 0) is 42.7 Å². The molecule has 19 heavy (non-hydrogen) atoms. The lowest BCUT2D eigenvalue weighted by Gasteiger charge is -2.08. The van der Waals surface area contributed by atoms with Crippen molar-refractivity contribution >= 4 is 29.6 Å². The number of hydrogen-bond donors (Lipinski definition) is 1. The van der Waals surface area contributed by atoms with Crippen LogP contribution in [-0.4, -0.2) is 18.4 Å². The average molecular weight is 271 g/mol. The third-order valence-corrected chi connectivity index (χ3v) is 3.45. The number of hydrogen-bond acceptors (Lipinski definition) is 3.